The summed E-state index contributed by atoms with van der Waals surface area (Å²) in [6, 6.07) is 17.5. The predicted octanol–water partition coefficient (Wildman–Crippen LogP) is 5.25. The average Bonchev–Trinajstić information content (AvgIpc) is 2.54. The Morgan fingerprint density at radius 1 is 0.957 bits per heavy atom. The van der Waals surface area contributed by atoms with Crippen LogP contribution < -0.4 is 10.6 Å². The number of halogens is 2. The fourth-order valence-electron chi connectivity index (χ4n) is 2.06. The molecule has 0 aliphatic rings. The Balaban J connectivity index is 1.69. The third-order valence-corrected chi connectivity index (χ3v) is 4.04. The molecule has 1 aromatic heterocycles. The lowest BCUT2D eigenvalue weighted by Crippen LogP contribution is -2.03. The summed E-state index contributed by atoms with van der Waals surface area (Å²) in [5, 5.41) is 7.24. The van der Waals surface area contributed by atoms with E-state index in [0.29, 0.717) is 6.54 Å². The van der Waals surface area contributed by atoms with Gasteiger partial charge in [0.05, 0.1) is 0 Å². The minimum Gasteiger partial charge on any atom is -0.366 e. The molecular formula is C17H14BrClN4. The van der Waals surface area contributed by atoms with Gasteiger partial charge in [-0.15, -0.1) is 0 Å². The lowest BCUT2D eigenvalue weighted by atomic mass is 10.2. The Bertz CT molecular complexity index is 810. The van der Waals surface area contributed by atoms with E-state index in [9.17, 15) is 0 Å². The van der Waals surface area contributed by atoms with Gasteiger partial charge in [0, 0.05) is 27.8 Å². The van der Waals surface area contributed by atoms with Crippen molar-refractivity contribution < 1.29 is 0 Å². The number of nitrogens with one attached hydrogen (secondary N) is 2. The highest BCUT2D eigenvalue weighted by Crippen LogP contribution is 2.21. The maximum Gasteiger partial charge on any atom is 0.135 e. The fourth-order valence-corrected chi connectivity index (χ4v) is 2.67. The molecule has 0 amide bonds. The molecule has 0 bridgehead atoms. The van der Waals surface area contributed by atoms with Crippen LogP contribution in [0, 0.1) is 0 Å². The van der Waals surface area contributed by atoms with Gasteiger partial charge in [-0.3, -0.25) is 0 Å². The largest absolute Gasteiger partial charge is 0.366 e. The van der Waals surface area contributed by atoms with E-state index in [1.54, 1.807) is 0 Å². The van der Waals surface area contributed by atoms with E-state index in [1.807, 2.05) is 54.6 Å². The van der Waals surface area contributed by atoms with Gasteiger partial charge in [-0.05, 0) is 29.8 Å². The number of benzene rings is 2. The normalized spacial score (nSPS) is 10.3. The highest BCUT2D eigenvalue weighted by Gasteiger charge is 2.02. The first-order chi connectivity index (χ1) is 11.2. The molecule has 0 aliphatic heterocycles. The van der Waals surface area contributed by atoms with E-state index in [2.05, 4.69) is 36.5 Å². The van der Waals surface area contributed by atoms with Gasteiger partial charge in [0.15, 0.2) is 0 Å². The molecular weight excluding hydrogens is 376 g/mol. The van der Waals surface area contributed by atoms with E-state index in [0.717, 1.165) is 32.4 Å². The molecule has 3 aromatic rings. The van der Waals surface area contributed by atoms with Crippen molar-refractivity contribution in [1.29, 1.82) is 0 Å². The summed E-state index contributed by atoms with van der Waals surface area (Å²) in [4.78, 5) is 8.46. The Labute approximate surface area is 148 Å². The Hall–Kier alpha value is -2.11. The quantitative estimate of drug-likeness (QED) is 0.626. The van der Waals surface area contributed by atoms with Crippen LogP contribution in [0.3, 0.4) is 0 Å². The van der Waals surface area contributed by atoms with Crippen LogP contribution in [-0.4, -0.2) is 9.97 Å². The van der Waals surface area contributed by atoms with Crippen molar-refractivity contribution in [3.8, 4) is 0 Å². The van der Waals surface area contributed by atoms with Crippen LogP contribution in [0.15, 0.2) is 65.4 Å². The molecule has 0 fully saturated rings. The molecule has 23 heavy (non-hydrogen) atoms. The first-order valence-corrected chi connectivity index (χ1v) is 8.20. The molecule has 0 atom stereocenters. The summed E-state index contributed by atoms with van der Waals surface area (Å²) in [5.74, 6) is 1.46. The van der Waals surface area contributed by atoms with Gasteiger partial charge < -0.3 is 10.6 Å². The van der Waals surface area contributed by atoms with Crippen LogP contribution in [0.5, 0.6) is 0 Å². The summed E-state index contributed by atoms with van der Waals surface area (Å²) in [6.07, 6.45) is 1.52. The predicted molar refractivity (Wildman–Crippen MR) is 98.2 cm³/mol. The zero-order chi connectivity index (χ0) is 16.1. The van der Waals surface area contributed by atoms with E-state index in [1.165, 1.54) is 6.33 Å². The van der Waals surface area contributed by atoms with Crippen LogP contribution in [0.25, 0.3) is 0 Å². The molecule has 2 N–H and O–H groups in total. The van der Waals surface area contributed by atoms with Crippen LogP contribution in [-0.2, 0) is 6.54 Å². The first kappa shape index (κ1) is 15.8. The summed E-state index contributed by atoms with van der Waals surface area (Å²) >= 11 is 9.60. The van der Waals surface area contributed by atoms with E-state index in [4.69, 9.17) is 11.6 Å². The summed E-state index contributed by atoms with van der Waals surface area (Å²) in [6.45, 7) is 0.604. The monoisotopic (exact) mass is 388 g/mol. The third-order valence-electron chi connectivity index (χ3n) is 3.18. The van der Waals surface area contributed by atoms with Crippen molar-refractivity contribution in [2.24, 2.45) is 0 Å². The van der Waals surface area contributed by atoms with Crippen molar-refractivity contribution in [3.05, 3.63) is 76.0 Å². The number of rotatable bonds is 5. The van der Waals surface area contributed by atoms with Crippen molar-refractivity contribution in [1.82, 2.24) is 9.97 Å². The van der Waals surface area contributed by atoms with Gasteiger partial charge in [0.2, 0.25) is 0 Å². The van der Waals surface area contributed by atoms with Crippen LogP contribution in [0.1, 0.15) is 5.56 Å². The Kier molecular flexibility index (Phi) is 5.10. The SMILES string of the molecule is Clc1ccccc1CNc1cc(Nc2cccc(Br)c2)ncn1. The number of hydrogen-bond acceptors (Lipinski definition) is 4. The van der Waals surface area contributed by atoms with Gasteiger partial charge in [-0.25, -0.2) is 9.97 Å². The minimum atomic E-state index is 0.604. The van der Waals surface area contributed by atoms with Crippen LogP contribution >= 0.6 is 27.5 Å². The molecule has 116 valence electrons. The van der Waals surface area contributed by atoms with E-state index in [-0.39, 0.29) is 0 Å². The Morgan fingerprint density at radius 2 is 1.78 bits per heavy atom. The van der Waals surface area contributed by atoms with E-state index >= 15 is 0 Å². The summed E-state index contributed by atoms with van der Waals surface area (Å²) < 4.78 is 1.01. The second-order valence-corrected chi connectivity index (χ2v) is 6.19. The molecule has 0 spiro atoms. The third kappa shape index (κ3) is 4.43. The number of aromatic nitrogens is 2. The number of nitrogens with zero attached hydrogens (tertiary/aromatic N) is 2. The molecule has 0 radical (unpaired) electrons. The zero-order valence-electron chi connectivity index (χ0n) is 12.1. The maximum atomic E-state index is 6.15. The van der Waals surface area contributed by atoms with Gasteiger partial charge in [-0.1, -0.05) is 51.8 Å². The average molecular weight is 390 g/mol. The van der Waals surface area contributed by atoms with Gasteiger partial charge in [0.1, 0.15) is 18.0 Å². The smallest absolute Gasteiger partial charge is 0.135 e. The molecule has 1 heterocycles. The topological polar surface area (TPSA) is 49.8 Å². The second-order valence-electron chi connectivity index (χ2n) is 4.87. The fraction of sp³-hybridized carbons (Fsp3) is 0.0588. The lowest BCUT2D eigenvalue weighted by Gasteiger charge is -2.09. The minimum absolute atomic E-state index is 0.604. The molecule has 2 aromatic carbocycles. The highest BCUT2D eigenvalue weighted by molar-refractivity contribution is 9.10. The lowest BCUT2D eigenvalue weighted by molar-refractivity contribution is 1.08. The standard InChI is InChI=1S/C17H14BrClN4/c18-13-5-3-6-14(8-13)23-17-9-16(21-11-22-17)20-10-12-4-1-2-7-15(12)19/h1-9,11H,10H2,(H2,20,21,22,23). The van der Waals surface area contributed by atoms with Gasteiger partial charge in [-0.2, -0.15) is 0 Å². The van der Waals surface area contributed by atoms with Crippen LogP contribution in [0.4, 0.5) is 17.3 Å². The highest BCUT2D eigenvalue weighted by atomic mass is 79.9. The molecule has 0 saturated heterocycles. The van der Waals surface area contributed by atoms with Crippen molar-refractivity contribution in [2.45, 2.75) is 6.54 Å². The van der Waals surface area contributed by atoms with Crippen molar-refractivity contribution in [2.75, 3.05) is 10.6 Å². The molecule has 6 heteroatoms. The number of anilines is 3. The second kappa shape index (κ2) is 7.44. The Morgan fingerprint density at radius 3 is 2.61 bits per heavy atom. The van der Waals surface area contributed by atoms with Crippen molar-refractivity contribution >= 4 is 44.9 Å². The summed E-state index contributed by atoms with van der Waals surface area (Å²) in [7, 11) is 0. The van der Waals surface area contributed by atoms with Gasteiger partial charge in [0.25, 0.3) is 0 Å². The maximum absolute atomic E-state index is 6.15. The molecule has 0 saturated carbocycles. The number of hydrogen-bond donors (Lipinski definition) is 2. The molecule has 0 unspecified atom stereocenters. The summed E-state index contributed by atoms with van der Waals surface area (Å²) in [5.41, 5.74) is 1.98. The van der Waals surface area contributed by atoms with Crippen LogP contribution in [0.2, 0.25) is 5.02 Å². The van der Waals surface area contributed by atoms with Gasteiger partial charge >= 0.3 is 0 Å². The van der Waals surface area contributed by atoms with Crippen molar-refractivity contribution in [3.63, 3.8) is 0 Å². The zero-order valence-corrected chi connectivity index (χ0v) is 14.5. The first-order valence-electron chi connectivity index (χ1n) is 7.02. The van der Waals surface area contributed by atoms with E-state index < -0.39 is 0 Å². The molecule has 0 aliphatic carbocycles. The molecule has 3 rings (SSSR count). The molecule has 4 nitrogen and oxygen atoms in total.